The van der Waals surface area contributed by atoms with E-state index in [4.69, 9.17) is 4.52 Å². The second kappa shape index (κ2) is 8.16. The van der Waals surface area contributed by atoms with Gasteiger partial charge in [-0.25, -0.2) is 0 Å². The average molecular weight is 445 g/mol. The van der Waals surface area contributed by atoms with E-state index < -0.39 is 11.7 Å². The van der Waals surface area contributed by atoms with Gasteiger partial charge in [0.1, 0.15) is 0 Å². The fourth-order valence-electron chi connectivity index (χ4n) is 4.01. The molecule has 0 aliphatic heterocycles. The summed E-state index contributed by atoms with van der Waals surface area (Å²) < 4.78 is 46.5. The van der Waals surface area contributed by atoms with Crippen molar-refractivity contribution < 1.29 is 17.7 Å². The maximum atomic E-state index is 13.7. The van der Waals surface area contributed by atoms with Crippen LogP contribution in [0.15, 0.2) is 83.5 Å². The van der Waals surface area contributed by atoms with Crippen molar-refractivity contribution in [2.75, 3.05) is 0 Å². The number of aryl methyl sites for hydroxylation is 1. The normalized spacial score (nSPS) is 11.8. The Morgan fingerprint density at radius 1 is 0.879 bits per heavy atom. The summed E-state index contributed by atoms with van der Waals surface area (Å²) in [5, 5.41) is 4.28. The van der Waals surface area contributed by atoms with Crippen LogP contribution >= 0.6 is 0 Å². The largest absolute Gasteiger partial charge is 0.418 e. The molecule has 0 unspecified atom stereocenters. The predicted molar refractivity (Wildman–Crippen MR) is 119 cm³/mol. The summed E-state index contributed by atoms with van der Waals surface area (Å²) in [5.74, 6) is 0.859. The van der Waals surface area contributed by atoms with Crippen molar-refractivity contribution in [3.05, 3.63) is 102 Å². The number of fused-ring (bicyclic) bond motifs is 1. The summed E-state index contributed by atoms with van der Waals surface area (Å²) >= 11 is 0. The molecule has 0 N–H and O–H groups in total. The van der Waals surface area contributed by atoms with Crippen LogP contribution in [0, 0.1) is 6.92 Å². The molecule has 0 amide bonds. The molecular weight excluding hydrogens is 427 g/mol. The first-order valence-corrected chi connectivity index (χ1v) is 10.3. The van der Waals surface area contributed by atoms with Gasteiger partial charge in [-0.05, 0) is 53.8 Å². The summed E-state index contributed by atoms with van der Waals surface area (Å²) in [6, 6.07) is 21.3. The van der Waals surface area contributed by atoms with Gasteiger partial charge in [-0.15, -0.1) is 0 Å². The van der Waals surface area contributed by atoms with Gasteiger partial charge in [-0.1, -0.05) is 59.8 Å². The van der Waals surface area contributed by atoms with Crippen LogP contribution in [0.5, 0.6) is 0 Å². The van der Waals surface area contributed by atoms with Crippen LogP contribution in [0.1, 0.15) is 22.5 Å². The van der Waals surface area contributed by atoms with Gasteiger partial charge in [0.05, 0.1) is 11.1 Å². The second-order valence-corrected chi connectivity index (χ2v) is 7.75. The monoisotopic (exact) mass is 445 g/mol. The van der Waals surface area contributed by atoms with E-state index in [9.17, 15) is 13.2 Å². The quantitative estimate of drug-likeness (QED) is 0.303. The lowest BCUT2D eigenvalue weighted by Gasteiger charge is -2.16. The SMILES string of the molecule is Cc1noc(-c2cccc(-c3c(Cc4ccccc4)cnc4c(C(F)(F)F)cccc34)c2)n1. The van der Waals surface area contributed by atoms with Crippen molar-refractivity contribution >= 4 is 10.9 Å². The molecule has 0 spiro atoms. The molecule has 0 fully saturated rings. The maximum Gasteiger partial charge on any atom is 0.418 e. The molecule has 5 rings (SSSR count). The van der Waals surface area contributed by atoms with E-state index >= 15 is 0 Å². The summed E-state index contributed by atoms with van der Waals surface area (Å²) in [6.07, 6.45) is -2.43. The minimum Gasteiger partial charge on any atom is -0.334 e. The highest BCUT2D eigenvalue weighted by Crippen LogP contribution is 2.39. The molecule has 2 aromatic heterocycles. The molecule has 0 saturated heterocycles. The number of benzene rings is 3. The zero-order valence-corrected chi connectivity index (χ0v) is 17.6. The maximum absolute atomic E-state index is 13.7. The Balaban J connectivity index is 1.75. The van der Waals surface area contributed by atoms with Crippen molar-refractivity contribution in [3.63, 3.8) is 0 Å². The molecule has 0 saturated carbocycles. The lowest BCUT2D eigenvalue weighted by atomic mass is 9.91. The molecule has 0 bridgehead atoms. The van der Waals surface area contributed by atoms with Crippen LogP contribution in [0.3, 0.4) is 0 Å². The number of para-hydroxylation sites is 1. The van der Waals surface area contributed by atoms with Gasteiger partial charge in [0.2, 0.25) is 0 Å². The summed E-state index contributed by atoms with van der Waals surface area (Å²) in [4.78, 5) is 8.53. The molecule has 5 aromatic rings. The van der Waals surface area contributed by atoms with Crippen LogP contribution in [0.25, 0.3) is 33.5 Å². The summed E-state index contributed by atoms with van der Waals surface area (Å²) in [6.45, 7) is 1.73. The second-order valence-electron chi connectivity index (χ2n) is 7.75. The van der Waals surface area contributed by atoms with Crippen molar-refractivity contribution in [2.45, 2.75) is 19.5 Å². The molecule has 0 aliphatic carbocycles. The van der Waals surface area contributed by atoms with E-state index in [2.05, 4.69) is 15.1 Å². The summed E-state index contributed by atoms with van der Waals surface area (Å²) in [5.41, 5.74) is 3.18. The molecule has 0 radical (unpaired) electrons. The van der Waals surface area contributed by atoms with Crippen molar-refractivity contribution in [2.24, 2.45) is 0 Å². The molecule has 0 atom stereocenters. The third kappa shape index (κ3) is 4.09. The Bertz CT molecular complexity index is 1440. The number of pyridine rings is 1. The van der Waals surface area contributed by atoms with Crippen LogP contribution in [0.2, 0.25) is 0 Å². The minimum atomic E-state index is -4.51. The zero-order valence-electron chi connectivity index (χ0n) is 17.6. The number of hydrogen-bond donors (Lipinski definition) is 0. The van der Waals surface area contributed by atoms with Gasteiger partial charge in [-0.2, -0.15) is 18.2 Å². The number of rotatable bonds is 4. The first-order chi connectivity index (χ1) is 15.9. The van der Waals surface area contributed by atoms with Crippen molar-refractivity contribution in [1.29, 1.82) is 0 Å². The fraction of sp³-hybridized carbons (Fsp3) is 0.115. The molecular formula is C26H18F3N3O. The number of halogens is 3. The van der Waals surface area contributed by atoms with Gasteiger partial charge in [0, 0.05) is 17.1 Å². The molecule has 33 heavy (non-hydrogen) atoms. The smallest absolute Gasteiger partial charge is 0.334 e. The van der Waals surface area contributed by atoms with Gasteiger partial charge >= 0.3 is 6.18 Å². The zero-order chi connectivity index (χ0) is 23.0. The highest BCUT2D eigenvalue weighted by Gasteiger charge is 2.33. The van der Waals surface area contributed by atoms with E-state index in [1.165, 1.54) is 6.07 Å². The highest BCUT2D eigenvalue weighted by molar-refractivity contribution is 5.98. The van der Waals surface area contributed by atoms with Gasteiger partial charge in [0.25, 0.3) is 5.89 Å². The molecule has 7 heteroatoms. The van der Waals surface area contributed by atoms with Crippen molar-refractivity contribution in [1.82, 2.24) is 15.1 Å². The van der Waals surface area contributed by atoms with E-state index in [1.54, 1.807) is 19.2 Å². The number of nitrogens with zero attached hydrogens (tertiary/aromatic N) is 3. The third-order valence-corrected chi connectivity index (χ3v) is 5.44. The van der Waals surface area contributed by atoms with Crippen LogP contribution in [-0.4, -0.2) is 15.1 Å². The fourth-order valence-corrected chi connectivity index (χ4v) is 4.01. The molecule has 3 aromatic carbocycles. The Kier molecular flexibility index (Phi) is 5.17. The Hall–Kier alpha value is -4.00. The summed E-state index contributed by atoms with van der Waals surface area (Å²) in [7, 11) is 0. The Morgan fingerprint density at radius 2 is 1.64 bits per heavy atom. The molecule has 164 valence electrons. The van der Waals surface area contributed by atoms with E-state index in [0.29, 0.717) is 34.6 Å². The van der Waals surface area contributed by atoms with E-state index in [-0.39, 0.29) is 5.52 Å². The topological polar surface area (TPSA) is 51.8 Å². The number of aromatic nitrogens is 3. The van der Waals surface area contributed by atoms with E-state index in [0.717, 1.165) is 22.8 Å². The Labute approximate surface area is 187 Å². The highest BCUT2D eigenvalue weighted by atomic mass is 19.4. The number of hydrogen-bond acceptors (Lipinski definition) is 4. The molecule has 2 heterocycles. The standard InChI is InChI=1S/C26H18F3N3O/c1-16-31-25(33-32-16)19-10-5-9-18(14-19)23-20(13-17-7-3-2-4-8-17)15-30-24-21(23)11-6-12-22(24)26(27,28)29/h2-12,14-15H,13H2,1H3. The van der Waals surface area contributed by atoms with Crippen molar-refractivity contribution in [3.8, 4) is 22.6 Å². The average Bonchev–Trinajstić information content (AvgIpc) is 3.25. The lowest BCUT2D eigenvalue weighted by Crippen LogP contribution is -2.07. The molecule has 4 nitrogen and oxygen atoms in total. The van der Waals surface area contributed by atoms with Crippen LogP contribution in [-0.2, 0) is 12.6 Å². The third-order valence-electron chi connectivity index (χ3n) is 5.44. The van der Waals surface area contributed by atoms with Crippen LogP contribution in [0.4, 0.5) is 13.2 Å². The Morgan fingerprint density at radius 3 is 2.36 bits per heavy atom. The van der Waals surface area contributed by atoms with E-state index in [1.807, 2.05) is 54.6 Å². The van der Waals surface area contributed by atoms with Gasteiger partial charge in [0.15, 0.2) is 5.82 Å². The predicted octanol–water partition coefficient (Wildman–Crippen LogP) is 6.87. The number of alkyl halides is 3. The molecule has 0 aliphatic rings. The van der Waals surface area contributed by atoms with Gasteiger partial charge < -0.3 is 4.52 Å². The minimum absolute atomic E-state index is 0.0733. The lowest BCUT2D eigenvalue weighted by molar-refractivity contribution is -0.136. The first-order valence-electron chi connectivity index (χ1n) is 10.3. The van der Waals surface area contributed by atoms with Crippen LogP contribution < -0.4 is 0 Å². The van der Waals surface area contributed by atoms with Gasteiger partial charge in [-0.3, -0.25) is 4.98 Å². The first kappa shape index (κ1) is 20.9.